The van der Waals surface area contributed by atoms with Crippen molar-refractivity contribution in [2.24, 2.45) is 9.75 Å². The summed E-state index contributed by atoms with van der Waals surface area (Å²) in [5, 5.41) is 2.63. The summed E-state index contributed by atoms with van der Waals surface area (Å²) in [6, 6.07) is 3.95. The van der Waals surface area contributed by atoms with Gasteiger partial charge in [-0.2, -0.15) is 12.4 Å². The van der Waals surface area contributed by atoms with Crippen molar-refractivity contribution in [2.75, 3.05) is 5.32 Å². The van der Waals surface area contributed by atoms with Gasteiger partial charge in [-0.25, -0.2) is 0 Å². The number of benzene rings is 1. The van der Waals surface area contributed by atoms with E-state index in [1.807, 2.05) is 0 Å². The number of rotatable bonds is 2. The third-order valence-corrected chi connectivity index (χ3v) is 3.51. The fourth-order valence-electron chi connectivity index (χ4n) is 0.920. The van der Waals surface area contributed by atoms with Gasteiger partial charge in [-0.3, -0.25) is 4.55 Å². The minimum Gasteiger partial charge on any atom is -0.369 e. The van der Waals surface area contributed by atoms with Gasteiger partial charge in [-0.1, -0.05) is 0 Å². The van der Waals surface area contributed by atoms with Crippen molar-refractivity contribution in [1.82, 2.24) is 0 Å². The van der Waals surface area contributed by atoms with E-state index >= 15 is 0 Å². The van der Waals surface area contributed by atoms with E-state index in [0.717, 1.165) is 0 Å². The molecular weight excluding hydrogens is 366 g/mol. The van der Waals surface area contributed by atoms with Gasteiger partial charge in [0, 0.05) is 4.47 Å². The fourth-order valence-corrected chi connectivity index (χ4v) is 1.86. The van der Waals surface area contributed by atoms with E-state index in [-0.39, 0.29) is 10.9 Å². The van der Waals surface area contributed by atoms with E-state index in [9.17, 15) is 8.42 Å². The molecule has 4 N–H and O–H groups in total. The second kappa shape index (κ2) is 5.13. The van der Waals surface area contributed by atoms with Crippen LogP contribution in [-0.2, 0) is 10.1 Å². The Labute approximate surface area is 109 Å². The van der Waals surface area contributed by atoms with Gasteiger partial charge < -0.3 is 11.1 Å². The van der Waals surface area contributed by atoms with E-state index in [1.165, 1.54) is 18.2 Å². The first-order valence-electron chi connectivity index (χ1n) is 3.83. The first kappa shape index (κ1) is 13.4. The number of anilines is 1. The maximum atomic E-state index is 10.9. The smallest absolute Gasteiger partial charge is 0.294 e. The Balaban J connectivity index is 3.19. The van der Waals surface area contributed by atoms with Crippen LogP contribution in [-0.4, -0.2) is 18.9 Å². The lowest BCUT2D eigenvalue weighted by atomic mass is 10.3. The molecule has 0 aliphatic carbocycles. The summed E-state index contributed by atoms with van der Waals surface area (Å²) in [4.78, 5) is -0.236. The highest BCUT2D eigenvalue weighted by atomic mass is 79.9. The van der Waals surface area contributed by atoms with Crippen molar-refractivity contribution >= 4 is 53.8 Å². The second-order valence-corrected chi connectivity index (χ2v) is 5.34. The molecule has 0 amide bonds. The van der Waals surface area contributed by atoms with E-state index in [4.69, 9.17) is 10.3 Å². The van der Waals surface area contributed by atoms with Crippen molar-refractivity contribution in [2.45, 2.75) is 4.90 Å². The Hall–Kier alpha value is -0.640. The molecule has 9 heteroatoms. The highest BCUT2D eigenvalue weighted by Crippen LogP contribution is 2.25. The van der Waals surface area contributed by atoms with Crippen LogP contribution < -0.4 is 11.1 Å². The average molecular weight is 373 g/mol. The monoisotopic (exact) mass is 371 g/mol. The molecule has 1 aromatic carbocycles. The van der Waals surface area contributed by atoms with Crippen molar-refractivity contribution in [3.8, 4) is 0 Å². The molecule has 0 spiro atoms. The Bertz CT molecular complexity index is 530. The molecule has 0 aliphatic heterocycles. The van der Waals surface area contributed by atoms with Gasteiger partial charge in [-0.15, -0.1) is 0 Å². The van der Waals surface area contributed by atoms with Gasteiger partial charge in [0.15, 0.2) is 0 Å². The molecule has 0 saturated carbocycles. The largest absolute Gasteiger partial charge is 0.369 e. The van der Waals surface area contributed by atoms with E-state index in [0.29, 0.717) is 10.2 Å². The van der Waals surface area contributed by atoms with Gasteiger partial charge in [0.1, 0.15) is 0 Å². The van der Waals surface area contributed by atoms with Crippen molar-refractivity contribution in [3.05, 3.63) is 22.7 Å². The molecular formula is C7H7Br2N3O3S. The molecule has 0 saturated heterocycles. The van der Waals surface area contributed by atoms with Crippen LogP contribution in [0.25, 0.3) is 0 Å². The third kappa shape index (κ3) is 3.44. The number of nitrogens with zero attached hydrogens (tertiary/aromatic N) is 1. The van der Waals surface area contributed by atoms with Crippen LogP contribution in [0.15, 0.2) is 31.6 Å². The molecule has 88 valence electrons. The van der Waals surface area contributed by atoms with Crippen LogP contribution in [0.3, 0.4) is 0 Å². The summed E-state index contributed by atoms with van der Waals surface area (Å²) in [7, 11) is -4.24. The van der Waals surface area contributed by atoms with E-state index < -0.39 is 10.1 Å². The minimum atomic E-state index is -4.24. The minimum absolute atomic E-state index is 0.0492. The molecule has 0 fully saturated rings. The number of hydrogen-bond acceptors (Lipinski definition) is 3. The predicted molar refractivity (Wildman–Crippen MR) is 68.1 cm³/mol. The molecule has 1 aromatic rings. The van der Waals surface area contributed by atoms with Gasteiger partial charge >= 0.3 is 0 Å². The van der Waals surface area contributed by atoms with Crippen LogP contribution in [0.5, 0.6) is 0 Å². The summed E-state index contributed by atoms with van der Waals surface area (Å²) in [5.41, 5.74) is 5.76. The van der Waals surface area contributed by atoms with Crippen LogP contribution >= 0.6 is 32.1 Å². The van der Waals surface area contributed by atoms with E-state index in [1.54, 1.807) is 0 Å². The van der Waals surface area contributed by atoms with Crippen molar-refractivity contribution in [1.29, 1.82) is 0 Å². The summed E-state index contributed by atoms with van der Waals surface area (Å²) in [6.07, 6.45) is 0. The molecule has 6 nitrogen and oxygen atoms in total. The summed E-state index contributed by atoms with van der Waals surface area (Å²) in [6.45, 7) is 0. The molecule has 0 aliphatic rings. The molecule has 0 unspecified atom stereocenters. The Morgan fingerprint density at radius 3 is 2.62 bits per heavy atom. The number of hydrogen-bond donors (Lipinski definition) is 3. The summed E-state index contributed by atoms with van der Waals surface area (Å²) in [5.74, 6) is 0.0492. The van der Waals surface area contributed by atoms with E-state index in [2.05, 4.69) is 41.4 Å². The maximum Gasteiger partial charge on any atom is 0.294 e. The molecule has 0 aromatic heterocycles. The lowest BCUT2D eigenvalue weighted by molar-refractivity contribution is 0.483. The standard InChI is InChI=1S/C7H7Br2N3O3S/c8-5-2-1-4(16(13,14)15)3-6(5)11-7(10)12-9/h1-3H,(H3,10,11,12)(H,13,14,15). The fraction of sp³-hybridized carbons (Fsp3) is 0. The van der Waals surface area contributed by atoms with Gasteiger partial charge in [-0.05, 0) is 34.1 Å². The summed E-state index contributed by atoms with van der Waals surface area (Å²) < 4.78 is 34.7. The number of nitrogens with one attached hydrogen (secondary N) is 1. The SMILES string of the molecule is NC(=NBr)Nc1cc(S(=O)(=O)O)ccc1Br. The summed E-state index contributed by atoms with van der Waals surface area (Å²) >= 11 is 5.96. The van der Waals surface area contributed by atoms with Crippen molar-refractivity contribution < 1.29 is 13.0 Å². The zero-order valence-corrected chi connectivity index (χ0v) is 11.7. The Morgan fingerprint density at radius 2 is 2.12 bits per heavy atom. The second-order valence-electron chi connectivity index (χ2n) is 2.71. The Kier molecular flexibility index (Phi) is 4.30. The molecule has 1 rings (SSSR count). The maximum absolute atomic E-state index is 10.9. The topological polar surface area (TPSA) is 105 Å². The predicted octanol–water partition coefficient (Wildman–Crippen LogP) is 1.73. The Morgan fingerprint density at radius 1 is 1.50 bits per heavy atom. The van der Waals surface area contributed by atoms with Crippen LogP contribution in [0.1, 0.15) is 0 Å². The number of guanidine groups is 1. The first-order valence-corrected chi connectivity index (χ1v) is 6.77. The molecule has 16 heavy (non-hydrogen) atoms. The number of nitrogens with two attached hydrogens (primary N) is 1. The third-order valence-electron chi connectivity index (χ3n) is 1.59. The van der Waals surface area contributed by atoms with Gasteiger partial charge in [0.05, 0.1) is 26.7 Å². The quantitative estimate of drug-likeness (QED) is 0.416. The van der Waals surface area contributed by atoms with Crippen LogP contribution in [0, 0.1) is 0 Å². The molecule has 0 heterocycles. The highest BCUT2D eigenvalue weighted by Gasteiger charge is 2.12. The van der Waals surface area contributed by atoms with Gasteiger partial charge in [0.25, 0.3) is 10.1 Å². The highest BCUT2D eigenvalue weighted by molar-refractivity contribution is 9.10. The first-order chi connectivity index (χ1) is 7.34. The molecule has 0 bridgehead atoms. The van der Waals surface area contributed by atoms with Crippen LogP contribution in [0.4, 0.5) is 5.69 Å². The average Bonchev–Trinajstić information content (AvgIpc) is 2.19. The van der Waals surface area contributed by atoms with Crippen LogP contribution in [0.2, 0.25) is 0 Å². The number of halogens is 2. The van der Waals surface area contributed by atoms with Crippen molar-refractivity contribution in [3.63, 3.8) is 0 Å². The normalized spacial score (nSPS) is 12.6. The molecule has 0 radical (unpaired) electrons. The van der Waals surface area contributed by atoms with Gasteiger partial charge in [0.2, 0.25) is 5.96 Å². The lowest BCUT2D eigenvalue weighted by Gasteiger charge is -2.07. The lowest BCUT2D eigenvalue weighted by Crippen LogP contribution is -2.21. The zero-order chi connectivity index (χ0) is 12.3. The zero-order valence-electron chi connectivity index (χ0n) is 7.68. The molecule has 0 atom stereocenters.